The fourth-order valence-electron chi connectivity index (χ4n) is 5.06. The van der Waals surface area contributed by atoms with E-state index in [4.69, 9.17) is 4.74 Å². The van der Waals surface area contributed by atoms with Gasteiger partial charge in [0.1, 0.15) is 11.5 Å². The number of aryl methyl sites for hydroxylation is 1. The molecule has 0 aliphatic carbocycles. The highest BCUT2D eigenvalue weighted by Gasteiger charge is 2.35. The molecule has 0 saturated carbocycles. The maximum atomic E-state index is 13.5. The molecule has 0 bridgehead atoms. The summed E-state index contributed by atoms with van der Waals surface area (Å²) in [5, 5.41) is 5.97. The van der Waals surface area contributed by atoms with Crippen LogP contribution in [-0.4, -0.2) is 46.9 Å². The Morgan fingerprint density at radius 1 is 1.07 bits per heavy atom. The van der Waals surface area contributed by atoms with E-state index in [1.165, 1.54) is 6.08 Å². The molecule has 1 saturated heterocycles. The van der Waals surface area contributed by atoms with Crippen LogP contribution in [0, 0.1) is 12.8 Å². The van der Waals surface area contributed by atoms with Crippen molar-refractivity contribution in [2.75, 3.05) is 18.0 Å². The molecule has 9 heteroatoms. The van der Waals surface area contributed by atoms with E-state index in [9.17, 15) is 14.4 Å². The van der Waals surface area contributed by atoms with Crippen molar-refractivity contribution in [3.05, 3.63) is 96.3 Å². The lowest BCUT2D eigenvalue weighted by molar-refractivity contribution is -0.125. The number of rotatable bonds is 6. The molecule has 2 N–H and O–H groups in total. The zero-order chi connectivity index (χ0) is 28.4. The van der Waals surface area contributed by atoms with Crippen molar-refractivity contribution in [3.8, 4) is 11.5 Å². The third-order valence-corrected chi connectivity index (χ3v) is 7.25. The van der Waals surface area contributed by atoms with E-state index in [1.54, 1.807) is 41.1 Å². The Hall–Kier alpha value is -4.92. The van der Waals surface area contributed by atoms with Crippen LogP contribution in [0.3, 0.4) is 0 Å². The number of aromatic nitrogens is 1. The molecule has 9 nitrogen and oxygen atoms in total. The highest BCUT2D eigenvalue weighted by atomic mass is 16.5. The lowest BCUT2D eigenvalue weighted by Gasteiger charge is -2.33. The van der Waals surface area contributed by atoms with Crippen LogP contribution in [0.25, 0.3) is 5.70 Å². The Morgan fingerprint density at radius 2 is 1.77 bits per heavy atom. The average molecular weight is 538 g/mol. The topological polar surface area (TPSA) is 104 Å². The first-order chi connectivity index (χ1) is 19.3. The number of ether oxygens (including phenoxy) is 1. The Morgan fingerprint density at radius 3 is 2.48 bits per heavy atom. The standard InChI is InChI=1S/C31H31N5O4/c1-5-27(37)35-17-19(2)25(18-35)33-30(38)20(3)29-28-21(4)32-16-15-26(28)36(31(39)34-29)22-11-13-24(14-12-22)40-23-9-7-6-8-10-23/h5-16,19,25H,1,17-18H2,2-4H3,(H,33,38)(H,34,39)/b29-20-/t19-,25?/m0/s1. The molecule has 40 heavy (non-hydrogen) atoms. The molecule has 3 heterocycles. The van der Waals surface area contributed by atoms with Gasteiger partial charge in [-0.1, -0.05) is 31.7 Å². The number of anilines is 2. The SMILES string of the molecule is C=CC(=O)N1CC(NC(=O)/C(C)=C2\NC(=O)N(c3ccc(Oc4ccccc4)cc3)c3ccnc(C)c32)[C@@H](C)C1. The number of hydrogen-bond donors (Lipinski definition) is 2. The number of benzene rings is 2. The van der Waals surface area contributed by atoms with Gasteiger partial charge in [0.2, 0.25) is 11.8 Å². The first kappa shape index (κ1) is 26.7. The second kappa shape index (κ2) is 11.1. The molecule has 2 atom stereocenters. The monoisotopic (exact) mass is 537 g/mol. The normalized spacial score (nSPS) is 19.4. The van der Waals surface area contributed by atoms with Gasteiger partial charge in [-0.3, -0.25) is 19.5 Å². The number of fused-ring (bicyclic) bond motifs is 1. The molecule has 1 fully saturated rings. The Labute approximate surface area is 233 Å². The Bertz CT molecular complexity index is 1500. The van der Waals surface area contributed by atoms with Gasteiger partial charge in [-0.15, -0.1) is 0 Å². The van der Waals surface area contributed by atoms with Crippen LogP contribution < -0.4 is 20.3 Å². The minimum absolute atomic E-state index is 0.0756. The largest absolute Gasteiger partial charge is 0.457 e. The molecule has 1 aromatic heterocycles. The molecule has 2 aromatic carbocycles. The summed E-state index contributed by atoms with van der Waals surface area (Å²) in [6.07, 6.45) is 2.93. The first-order valence-electron chi connectivity index (χ1n) is 13.1. The number of para-hydroxylation sites is 1. The van der Waals surface area contributed by atoms with Crippen molar-refractivity contribution >= 4 is 34.9 Å². The van der Waals surface area contributed by atoms with Crippen molar-refractivity contribution in [2.24, 2.45) is 5.92 Å². The third kappa shape index (κ3) is 5.18. The second-order valence-electron chi connectivity index (χ2n) is 9.97. The maximum absolute atomic E-state index is 13.5. The summed E-state index contributed by atoms with van der Waals surface area (Å²) in [4.78, 5) is 46.6. The van der Waals surface area contributed by atoms with Crippen molar-refractivity contribution < 1.29 is 19.1 Å². The molecule has 2 aliphatic rings. The van der Waals surface area contributed by atoms with Gasteiger partial charge in [0, 0.05) is 36.1 Å². The molecule has 204 valence electrons. The number of carbonyl (C=O) groups is 3. The number of pyridine rings is 1. The quantitative estimate of drug-likeness (QED) is 0.434. The van der Waals surface area contributed by atoms with Crippen LogP contribution in [0.4, 0.5) is 16.2 Å². The van der Waals surface area contributed by atoms with Crippen LogP contribution in [0.1, 0.15) is 25.1 Å². The Balaban J connectivity index is 1.42. The van der Waals surface area contributed by atoms with E-state index in [0.717, 1.165) is 0 Å². The smallest absolute Gasteiger partial charge is 0.330 e. The lowest BCUT2D eigenvalue weighted by atomic mass is 9.99. The van der Waals surface area contributed by atoms with Crippen LogP contribution in [0.15, 0.2) is 85.1 Å². The molecular weight excluding hydrogens is 506 g/mol. The summed E-state index contributed by atoms with van der Waals surface area (Å²) in [7, 11) is 0. The number of carbonyl (C=O) groups excluding carboxylic acids is 3. The van der Waals surface area contributed by atoms with E-state index in [0.29, 0.717) is 58.5 Å². The summed E-state index contributed by atoms with van der Waals surface area (Å²) >= 11 is 0. The van der Waals surface area contributed by atoms with Gasteiger partial charge in [-0.25, -0.2) is 4.79 Å². The molecule has 0 spiro atoms. The van der Waals surface area contributed by atoms with Crippen molar-refractivity contribution in [1.29, 1.82) is 0 Å². The zero-order valence-electron chi connectivity index (χ0n) is 22.7. The van der Waals surface area contributed by atoms with Gasteiger partial charge in [-0.2, -0.15) is 0 Å². The van der Waals surface area contributed by atoms with Gasteiger partial charge in [0.15, 0.2) is 0 Å². The number of hydrogen-bond acceptors (Lipinski definition) is 5. The lowest BCUT2D eigenvalue weighted by Crippen LogP contribution is -2.44. The number of likely N-dealkylation sites (tertiary alicyclic amines) is 1. The van der Waals surface area contributed by atoms with E-state index >= 15 is 0 Å². The van der Waals surface area contributed by atoms with Crippen molar-refractivity contribution in [3.63, 3.8) is 0 Å². The van der Waals surface area contributed by atoms with Crippen LogP contribution in [-0.2, 0) is 9.59 Å². The molecule has 5 rings (SSSR count). The highest BCUT2D eigenvalue weighted by Crippen LogP contribution is 2.39. The van der Waals surface area contributed by atoms with E-state index < -0.39 is 6.03 Å². The molecular formula is C31H31N5O4. The highest BCUT2D eigenvalue weighted by molar-refractivity contribution is 6.13. The summed E-state index contributed by atoms with van der Waals surface area (Å²) in [5.41, 5.74) is 3.36. The fourth-order valence-corrected chi connectivity index (χ4v) is 5.06. The average Bonchev–Trinajstić information content (AvgIpc) is 3.32. The number of urea groups is 1. The maximum Gasteiger partial charge on any atom is 0.330 e. The Kier molecular flexibility index (Phi) is 7.37. The van der Waals surface area contributed by atoms with Gasteiger partial charge in [0.25, 0.3) is 0 Å². The van der Waals surface area contributed by atoms with E-state index in [-0.39, 0.29) is 23.8 Å². The summed E-state index contributed by atoms with van der Waals surface area (Å²) in [6.45, 7) is 10.0. The van der Waals surface area contributed by atoms with Crippen LogP contribution in [0.2, 0.25) is 0 Å². The first-order valence-corrected chi connectivity index (χ1v) is 13.1. The minimum atomic E-state index is -0.394. The van der Waals surface area contributed by atoms with Crippen molar-refractivity contribution in [2.45, 2.75) is 26.8 Å². The van der Waals surface area contributed by atoms with E-state index in [2.05, 4.69) is 22.2 Å². The van der Waals surface area contributed by atoms with E-state index in [1.807, 2.05) is 56.3 Å². The van der Waals surface area contributed by atoms with Crippen LogP contribution in [0.5, 0.6) is 11.5 Å². The summed E-state index contributed by atoms with van der Waals surface area (Å²) < 4.78 is 5.89. The summed E-state index contributed by atoms with van der Waals surface area (Å²) in [5.74, 6) is 0.958. The third-order valence-electron chi connectivity index (χ3n) is 7.25. The minimum Gasteiger partial charge on any atom is -0.457 e. The fraction of sp³-hybridized carbons (Fsp3) is 0.226. The summed E-state index contributed by atoms with van der Waals surface area (Å²) in [6, 6.07) is 17.8. The predicted octanol–water partition coefficient (Wildman–Crippen LogP) is 4.92. The molecule has 4 amide bonds. The van der Waals surface area contributed by atoms with Gasteiger partial charge < -0.3 is 20.3 Å². The number of nitrogens with zero attached hydrogens (tertiary/aromatic N) is 3. The molecule has 3 aromatic rings. The number of nitrogens with one attached hydrogen (secondary N) is 2. The zero-order valence-corrected chi connectivity index (χ0v) is 22.7. The second-order valence-corrected chi connectivity index (χ2v) is 9.97. The predicted molar refractivity (Wildman–Crippen MR) is 153 cm³/mol. The molecule has 2 aliphatic heterocycles. The van der Waals surface area contributed by atoms with Gasteiger partial charge in [0.05, 0.1) is 23.1 Å². The van der Waals surface area contributed by atoms with Crippen LogP contribution >= 0.6 is 0 Å². The van der Waals surface area contributed by atoms with Crippen molar-refractivity contribution in [1.82, 2.24) is 20.5 Å². The van der Waals surface area contributed by atoms with Gasteiger partial charge in [-0.05, 0) is 68.3 Å². The van der Waals surface area contributed by atoms with Gasteiger partial charge >= 0.3 is 6.03 Å². The molecule has 0 radical (unpaired) electrons. The molecule has 1 unspecified atom stereocenters. The number of amides is 4.